The highest BCUT2D eigenvalue weighted by Crippen LogP contribution is 2.40. The van der Waals surface area contributed by atoms with Crippen molar-refractivity contribution in [2.24, 2.45) is 0 Å². The zero-order valence-corrected chi connectivity index (χ0v) is 10.5. The largest absolute Gasteiger partial charge is 0.505 e. The predicted octanol–water partition coefficient (Wildman–Crippen LogP) is 3.18. The standard InChI is InChI=1S/C16H16FNO/c17-14-8-11(6-7-16(14)19)10-18-15-9-13(15)12-4-2-1-3-5-12/h1-8,13,15,18-19H,9-10H2. The quantitative estimate of drug-likeness (QED) is 0.881. The molecule has 1 aliphatic rings. The number of phenolic OH excluding ortho intramolecular Hbond substituents is 1. The van der Waals surface area contributed by atoms with Gasteiger partial charge >= 0.3 is 0 Å². The average molecular weight is 257 g/mol. The van der Waals surface area contributed by atoms with E-state index in [1.165, 1.54) is 17.7 Å². The van der Waals surface area contributed by atoms with Gasteiger partial charge in [-0.3, -0.25) is 0 Å². The molecule has 98 valence electrons. The molecule has 2 unspecified atom stereocenters. The Hall–Kier alpha value is -1.87. The lowest BCUT2D eigenvalue weighted by molar-refractivity contribution is 0.431. The van der Waals surface area contributed by atoms with E-state index in [0.29, 0.717) is 18.5 Å². The van der Waals surface area contributed by atoms with Crippen LogP contribution in [0.1, 0.15) is 23.5 Å². The monoisotopic (exact) mass is 257 g/mol. The molecule has 0 aromatic heterocycles. The summed E-state index contributed by atoms with van der Waals surface area (Å²) in [6.07, 6.45) is 1.13. The molecule has 2 atom stereocenters. The lowest BCUT2D eigenvalue weighted by Crippen LogP contribution is -2.17. The molecule has 2 aromatic rings. The summed E-state index contributed by atoms with van der Waals surface area (Å²) in [5, 5.41) is 12.5. The van der Waals surface area contributed by atoms with Gasteiger partial charge in [-0.2, -0.15) is 0 Å². The molecule has 2 nitrogen and oxygen atoms in total. The zero-order chi connectivity index (χ0) is 13.2. The second-order valence-corrected chi connectivity index (χ2v) is 5.03. The Balaban J connectivity index is 1.56. The Morgan fingerprint density at radius 3 is 2.68 bits per heavy atom. The van der Waals surface area contributed by atoms with Crippen molar-refractivity contribution < 1.29 is 9.50 Å². The highest BCUT2D eigenvalue weighted by molar-refractivity contribution is 5.30. The van der Waals surface area contributed by atoms with Gasteiger partial charge in [-0.15, -0.1) is 0 Å². The molecular formula is C16H16FNO. The van der Waals surface area contributed by atoms with Crippen LogP contribution in [-0.4, -0.2) is 11.1 Å². The maximum atomic E-state index is 13.2. The number of benzene rings is 2. The van der Waals surface area contributed by atoms with E-state index in [1.807, 2.05) is 6.07 Å². The normalized spacial score (nSPS) is 21.3. The fourth-order valence-corrected chi connectivity index (χ4v) is 2.40. The molecule has 0 aliphatic heterocycles. The highest BCUT2D eigenvalue weighted by Gasteiger charge is 2.37. The third kappa shape index (κ3) is 2.76. The van der Waals surface area contributed by atoms with Crippen LogP contribution in [0.2, 0.25) is 0 Å². The smallest absolute Gasteiger partial charge is 0.165 e. The number of rotatable bonds is 4. The van der Waals surface area contributed by atoms with Crippen molar-refractivity contribution in [1.29, 1.82) is 0 Å². The molecule has 19 heavy (non-hydrogen) atoms. The lowest BCUT2D eigenvalue weighted by atomic mass is 10.1. The SMILES string of the molecule is Oc1ccc(CNC2CC2c2ccccc2)cc1F. The van der Waals surface area contributed by atoms with Gasteiger partial charge in [0.15, 0.2) is 11.6 Å². The Morgan fingerprint density at radius 1 is 1.16 bits per heavy atom. The molecular weight excluding hydrogens is 241 g/mol. The molecule has 3 rings (SSSR count). The summed E-state index contributed by atoms with van der Waals surface area (Å²) in [7, 11) is 0. The van der Waals surface area contributed by atoms with E-state index in [1.54, 1.807) is 6.07 Å². The van der Waals surface area contributed by atoms with Gasteiger partial charge in [0.25, 0.3) is 0 Å². The topological polar surface area (TPSA) is 32.3 Å². The zero-order valence-electron chi connectivity index (χ0n) is 10.5. The Morgan fingerprint density at radius 2 is 1.95 bits per heavy atom. The first kappa shape index (κ1) is 12.2. The number of halogens is 1. The maximum absolute atomic E-state index is 13.2. The summed E-state index contributed by atoms with van der Waals surface area (Å²) in [5.74, 6) is -0.282. The fourth-order valence-electron chi connectivity index (χ4n) is 2.40. The summed E-state index contributed by atoms with van der Waals surface area (Å²) in [4.78, 5) is 0. The van der Waals surface area contributed by atoms with Crippen molar-refractivity contribution in [2.45, 2.75) is 24.9 Å². The minimum absolute atomic E-state index is 0.294. The van der Waals surface area contributed by atoms with Crippen molar-refractivity contribution in [3.8, 4) is 5.75 Å². The second kappa shape index (κ2) is 5.02. The Labute approximate surface area is 111 Å². The molecule has 0 spiro atoms. The molecule has 2 N–H and O–H groups in total. The molecule has 0 radical (unpaired) electrons. The van der Waals surface area contributed by atoms with E-state index in [-0.39, 0.29) is 5.75 Å². The number of hydrogen-bond acceptors (Lipinski definition) is 2. The molecule has 0 saturated heterocycles. The van der Waals surface area contributed by atoms with Crippen LogP contribution in [0.15, 0.2) is 48.5 Å². The van der Waals surface area contributed by atoms with Crippen molar-refractivity contribution in [2.75, 3.05) is 0 Å². The van der Waals surface area contributed by atoms with E-state index < -0.39 is 5.82 Å². The van der Waals surface area contributed by atoms with Gasteiger partial charge in [-0.1, -0.05) is 36.4 Å². The first-order valence-corrected chi connectivity index (χ1v) is 6.50. The van der Waals surface area contributed by atoms with Crippen LogP contribution in [0.25, 0.3) is 0 Å². The van der Waals surface area contributed by atoms with Crippen LogP contribution in [0.5, 0.6) is 5.75 Å². The summed E-state index contributed by atoms with van der Waals surface area (Å²) in [5.41, 5.74) is 2.21. The van der Waals surface area contributed by atoms with E-state index in [9.17, 15) is 4.39 Å². The van der Waals surface area contributed by atoms with Crippen molar-refractivity contribution in [1.82, 2.24) is 5.32 Å². The van der Waals surface area contributed by atoms with Gasteiger partial charge in [-0.25, -0.2) is 4.39 Å². The van der Waals surface area contributed by atoms with E-state index >= 15 is 0 Å². The molecule has 0 bridgehead atoms. The fraction of sp³-hybridized carbons (Fsp3) is 0.250. The number of hydrogen-bond donors (Lipinski definition) is 2. The van der Waals surface area contributed by atoms with Crippen LogP contribution in [0.3, 0.4) is 0 Å². The highest BCUT2D eigenvalue weighted by atomic mass is 19.1. The van der Waals surface area contributed by atoms with Crippen LogP contribution < -0.4 is 5.32 Å². The summed E-state index contributed by atoms with van der Waals surface area (Å²) >= 11 is 0. The molecule has 0 amide bonds. The van der Waals surface area contributed by atoms with Gasteiger partial charge in [0.05, 0.1) is 0 Å². The van der Waals surface area contributed by atoms with Gasteiger partial charge < -0.3 is 10.4 Å². The molecule has 1 aliphatic carbocycles. The maximum Gasteiger partial charge on any atom is 0.165 e. The van der Waals surface area contributed by atoms with Crippen molar-refractivity contribution >= 4 is 0 Å². The second-order valence-electron chi connectivity index (χ2n) is 5.03. The van der Waals surface area contributed by atoms with Crippen molar-refractivity contribution in [3.63, 3.8) is 0 Å². The minimum atomic E-state index is -0.560. The average Bonchev–Trinajstić information content (AvgIpc) is 3.21. The molecule has 1 saturated carbocycles. The van der Waals surface area contributed by atoms with Crippen LogP contribution in [-0.2, 0) is 6.54 Å². The van der Waals surface area contributed by atoms with Gasteiger partial charge in [-0.05, 0) is 29.7 Å². The first-order chi connectivity index (χ1) is 9.24. The van der Waals surface area contributed by atoms with E-state index in [0.717, 1.165) is 12.0 Å². The number of aromatic hydroxyl groups is 1. The third-order valence-corrected chi connectivity index (χ3v) is 3.60. The Kier molecular flexibility index (Phi) is 3.22. The number of nitrogens with one attached hydrogen (secondary N) is 1. The third-order valence-electron chi connectivity index (χ3n) is 3.60. The van der Waals surface area contributed by atoms with E-state index in [4.69, 9.17) is 5.11 Å². The van der Waals surface area contributed by atoms with Crippen LogP contribution >= 0.6 is 0 Å². The molecule has 1 fully saturated rings. The minimum Gasteiger partial charge on any atom is -0.505 e. The Bertz CT molecular complexity index is 570. The predicted molar refractivity (Wildman–Crippen MR) is 72.5 cm³/mol. The van der Waals surface area contributed by atoms with Crippen LogP contribution in [0, 0.1) is 5.82 Å². The van der Waals surface area contributed by atoms with Crippen LogP contribution in [0.4, 0.5) is 4.39 Å². The van der Waals surface area contributed by atoms with Gasteiger partial charge in [0.2, 0.25) is 0 Å². The number of phenols is 1. The van der Waals surface area contributed by atoms with Crippen molar-refractivity contribution in [3.05, 3.63) is 65.5 Å². The molecule has 3 heteroatoms. The van der Waals surface area contributed by atoms with E-state index in [2.05, 4.69) is 29.6 Å². The lowest BCUT2D eigenvalue weighted by Gasteiger charge is -2.05. The van der Waals surface area contributed by atoms with Gasteiger partial charge in [0, 0.05) is 18.5 Å². The summed E-state index contributed by atoms with van der Waals surface area (Å²) in [6.45, 7) is 0.630. The summed E-state index contributed by atoms with van der Waals surface area (Å²) < 4.78 is 13.2. The summed E-state index contributed by atoms with van der Waals surface area (Å²) in [6, 6.07) is 15.4. The first-order valence-electron chi connectivity index (χ1n) is 6.50. The molecule has 0 heterocycles. The van der Waals surface area contributed by atoms with Gasteiger partial charge in [0.1, 0.15) is 0 Å². The molecule has 2 aromatic carbocycles.